The predicted octanol–water partition coefficient (Wildman–Crippen LogP) is 4.06. The molecule has 4 rings (SSSR count). The molecule has 1 fully saturated rings. The molecule has 2 heterocycles. The lowest BCUT2D eigenvalue weighted by Gasteiger charge is -2.32. The normalized spacial score (nSPS) is 16.6. The lowest BCUT2D eigenvalue weighted by molar-refractivity contribution is -0.132. The van der Waals surface area contributed by atoms with Crippen LogP contribution in [0.15, 0.2) is 73.1 Å². The fourth-order valence-corrected chi connectivity index (χ4v) is 3.91. The van der Waals surface area contributed by atoms with Crippen LogP contribution in [0.4, 0.5) is 0 Å². The molecule has 0 aliphatic carbocycles. The van der Waals surface area contributed by atoms with E-state index in [4.69, 9.17) is 0 Å². The lowest BCUT2D eigenvalue weighted by atomic mass is 9.89. The molecule has 0 radical (unpaired) electrons. The van der Waals surface area contributed by atoms with Crippen molar-refractivity contribution in [2.24, 2.45) is 5.92 Å². The van der Waals surface area contributed by atoms with Gasteiger partial charge in [-0.2, -0.15) is 5.10 Å². The number of carbonyl (C=O) groups excluding carboxylic acids is 2. The molecule has 5 heteroatoms. The van der Waals surface area contributed by atoms with Crippen molar-refractivity contribution in [3.63, 3.8) is 0 Å². The fourth-order valence-electron chi connectivity index (χ4n) is 3.91. The number of hydrogen-bond donors (Lipinski definition) is 0. The molecular weight excluding hydrogens is 362 g/mol. The minimum Gasteiger partial charge on any atom is -0.342 e. The number of aromatic nitrogens is 2. The molecule has 1 aliphatic heterocycles. The molecule has 3 aromatic rings. The third-order valence-electron chi connectivity index (χ3n) is 5.54. The molecule has 2 aromatic carbocycles. The van der Waals surface area contributed by atoms with Crippen LogP contribution >= 0.6 is 0 Å². The summed E-state index contributed by atoms with van der Waals surface area (Å²) in [6, 6.07) is 19.8. The van der Waals surface area contributed by atoms with Crippen LogP contribution in [0.3, 0.4) is 0 Å². The Balaban J connectivity index is 1.37. The van der Waals surface area contributed by atoms with Crippen molar-refractivity contribution in [2.45, 2.75) is 25.8 Å². The minimum absolute atomic E-state index is 0.0948. The second kappa shape index (κ2) is 8.86. The molecule has 1 atom stereocenters. The summed E-state index contributed by atoms with van der Waals surface area (Å²) in [4.78, 5) is 27.4. The smallest absolute Gasteiger partial charge is 0.224 e. The van der Waals surface area contributed by atoms with Crippen molar-refractivity contribution in [3.05, 3.63) is 78.6 Å². The van der Waals surface area contributed by atoms with Gasteiger partial charge in [-0.1, -0.05) is 54.6 Å². The Labute approximate surface area is 171 Å². The first-order valence-corrected chi connectivity index (χ1v) is 10.2. The number of ketones is 1. The maximum absolute atomic E-state index is 13.0. The first kappa shape index (κ1) is 19.1. The minimum atomic E-state index is -0.125. The molecular formula is C24H25N3O2. The van der Waals surface area contributed by atoms with Gasteiger partial charge in [-0.05, 0) is 30.0 Å². The molecule has 1 aliphatic rings. The molecule has 29 heavy (non-hydrogen) atoms. The molecule has 0 spiro atoms. The third kappa shape index (κ3) is 4.62. The van der Waals surface area contributed by atoms with Gasteiger partial charge in [-0.15, -0.1) is 0 Å². The van der Waals surface area contributed by atoms with Crippen molar-refractivity contribution in [3.8, 4) is 11.1 Å². The number of Topliss-reactive ketones (excluding diaryl/α,β-unsaturated/α-hetero) is 1. The molecule has 1 aromatic heterocycles. The number of carbonyl (C=O) groups is 2. The Morgan fingerprint density at radius 2 is 1.72 bits per heavy atom. The van der Waals surface area contributed by atoms with Crippen LogP contribution in [0, 0.1) is 5.92 Å². The maximum atomic E-state index is 13.0. The SMILES string of the molecule is O=C(c1ccc(-c2ccccc2)cc1)C1CCCN(C(=O)CCn2cccn2)C1. The van der Waals surface area contributed by atoms with Crippen LogP contribution in [-0.2, 0) is 11.3 Å². The second-order valence-electron chi connectivity index (χ2n) is 7.51. The van der Waals surface area contributed by atoms with Gasteiger partial charge in [-0.25, -0.2) is 0 Å². The van der Waals surface area contributed by atoms with Crippen molar-refractivity contribution < 1.29 is 9.59 Å². The van der Waals surface area contributed by atoms with Gasteiger partial charge in [0.05, 0.1) is 0 Å². The van der Waals surface area contributed by atoms with E-state index in [0.29, 0.717) is 19.5 Å². The summed E-state index contributed by atoms with van der Waals surface area (Å²) in [5.74, 6) is 0.103. The van der Waals surface area contributed by atoms with Crippen LogP contribution in [0.2, 0.25) is 0 Å². The summed E-state index contributed by atoms with van der Waals surface area (Å²) in [6.45, 7) is 1.81. The third-order valence-corrected chi connectivity index (χ3v) is 5.54. The lowest BCUT2D eigenvalue weighted by Crippen LogP contribution is -2.42. The van der Waals surface area contributed by atoms with E-state index in [1.165, 1.54) is 0 Å². The standard InChI is InChI=1S/C24H25N3O2/c28-23(13-17-27-16-5-14-25-27)26-15-4-8-22(18-26)24(29)21-11-9-20(10-12-21)19-6-2-1-3-7-19/h1-3,5-7,9-12,14,16,22H,4,8,13,15,17-18H2. The zero-order valence-electron chi connectivity index (χ0n) is 16.4. The molecule has 0 saturated carbocycles. The number of rotatable bonds is 6. The van der Waals surface area contributed by atoms with Crippen LogP contribution in [0.5, 0.6) is 0 Å². The highest BCUT2D eigenvalue weighted by Gasteiger charge is 2.28. The zero-order valence-corrected chi connectivity index (χ0v) is 16.4. The zero-order chi connectivity index (χ0) is 20.1. The van der Waals surface area contributed by atoms with Gasteiger partial charge in [0.1, 0.15) is 0 Å². The van der Waals surface area contributed by atoms with Gasteiger partial charge in [0.25, 0.3) is 0 Å². The van der Waals surface area contributed by atoms with Crippen LogP contribution < -0.4 is 0 Å². The highest BCUT2D eigenvalue weighted by Crippen LogP contribution is 2.24. The number of benzene rings is 2. The van der Waals surface area contributed by atoms with Gasteiger partial charge < -0.3 is 4.90 Å². The first-order chi connectivity index (χ1) is 14.2. The number of piperidine rings is 1. The van der Waals surface area contributed by atoms with E-state index in [0.717, 1.165) is 36.1 Å². The molecule has 0 N–H and O–H groups in total. The molecule has 1 amide bonds. The Bertz CT molecular complexity index is 950. The van der Waals surface area contributed by atoms with Gasteiger partial charge in [0.15, 0.2) is 5.78 Å². The summed E-state index contributed by atoms with van der Waals surface area (Å²) in [6.07, 6.45) is 5.68. The van der Waals surface area contributed by atoms with Gasteiger partial charge in [-0.3, -0.25) is 14.3 Å². The van der Waals surface area contributed by atoms with E-state index in [-0.39, 0.29) is 17.6 Å². The number of nitrogens with zero attached hydrogens (tertiary/aromatic N) is 3. The van der Waals surface area contributed by atoms with Gasteiger partial charge in [0, 0.05) is 49.9 Å². The number of hydrogen-bond acceptors (Lipinski definition) is 3. The van der Waals surface area contributed by atoms with E-state index < -0.39 is 0 Å². The van der Waals surface area contributed by atoms with E-state index in [9.17, 15) is 9.59 Å². The summed E-state index contributed by atoms with van der Waals surface area (Å²) >= 11 is 0. The summed E-state index contributed by atoms with van der Waals surface area (Å²) in [5, 5.41) is 4.14. The maximum Gasteiger partial charge on any atom is 0.224 e. The highest BCUT2D eigenvalue weighted by atomic mass is 16.2. The largest absolute Gasteiger partial charge is 0.342 e. The Morgan fingerprint density at radius 3 is 2.45 bits per heavy atom. The van der Waals surface area contributed by atoms with Gasteiger partial charge in [0.2, 0.25) is 5.91 Å². The molecule has 1 saturated heterocycles. The Hall–Kier alpha value is -3.21. The molecule has 0 bridgehead atoms. The summed E-state index contributed by atoms with van der Waals surface area (Å²) in [7, 11) is 0. The quantitative estimate of drug-likeness (QED) is 0.599. The van der Waals surface area contributed by atoms with Gasteiger partial charge >= 0.3 is 0 Å². The van der Waals surface area contributed by atoms with Crippen LogP contribution in [0.25, 0.3) is 11.1 Å². The summed E-state index contributed by atoms with van der Waals surface area (Å²) in [5.41, 5.74) is 2.96. The highest BCUT2D eigenvalue weighted by molar-refractivity contribution is 5.98. The van der Waals surface area contributed by atoms with Crippen LogP contribution in [-0.4, -0.2) is 39.5 Å². The van der Waals surface area contributed by atoms with Crippen molar-refractivity contribution in [2.75, 3.05) is 13.1 Å². The molecule has 5 nitrogen and oxygen atoms in total. The van der Waals surface area contributed by atoms with E-state index in [1.807, 2.05) is 59.6 Å². The predicted molar refractivity (Wildman–Crippen MR) is 112 cm³/mol. The molecule has 148 valence electrons. The summed E-state index contributed by atoms with van der Waals surface area (Å²) < 4.78 is 1.76. The van der Waals surface area contributed by atoms with E-state index in [2.05, 4.69) is 17.2 Å². The van der Waals surface area contributed by atoms with Crippen molar-refractivity contribution in [1.29, 1.82) is 0 Å². The van der Waals surface area contributed by atoms with Crippen molar-refractivity contribution >= 4 is 11.7 Å². The van der Waals surface area contributed by atoms with Crippen LogP contribution in [0.1, 0.15) is 29.6 Å². The second-order valence-corrected chi connectivity index (χ2v) is 7.51. The van der Waals surface area contributed by atoms with E-state index >= 15 is 0 Å². The fraction of sp³-hybridized carbons (Fsp3) is 0.292. The average Bonchev–Trinajstić information content (AvgIpc) is 3.31. The topological polar surface area (TPSA) is 55.2 Å². The van der Waals surface area contributed by atoms with E-state index in [1.54, 1.807) is 10.9 Å². The number of amides is 1. The number of likely N-dealkylation sites (tertiary alicyclic amines) is 1. The monoisotopic (exact) mass is 387 g/mol. The number of aryl methyl sites for hydroxylation is 1. The molecule has 1 unspecified atom stereocenters. The Kier molecular flexibility index (Phi) is 5.84. The first-order valence-electron chi connectivity index (χ1n) is 10.2. The average molecular weight is 387 g/mol. The Morgan fingerprint density at radius 1 is 0.966 bits per heavy atom. The van der Waals surface area contributed by atoms with Crippen molar-refractivity contribution in [1.82, 2.24) is 14.7 Å².